The van der Waals surface area contributed by atoms with Crippen molar-refractivity contribution in [2.24, 2.45) is 0 Å². The zero-order chi connectivity index (χ0) is 25.5. The minimum Gasteiger partial charge on any atom is -0.497 e. The Morgan fingerprint density at radius 1 is 1.31 bits per heavy atom. The molecule has 0 aliphatic carbocycles. The predicted molar refractivity (Wildman–Crippen MR) is 132 cm³/mol. The van der Waals surface area contributed by atoms with Crippen molar-refractivity contribution in [3.63, 3.8) is 0 Å². The molecule has 11 heteroatoms. The summed E-state index contributed by atoms with van der Waals surface area (Å²) < 4.78 is 5.21. The first kappa shape index (κ1) is 24.7. The zero-order valence-electron chi connectivity index (χ0n) is 19.8. The van der Waals surface area contributed by atoms with Crippen molar-refractivity contribution in [3.05, 3.63) is 58.9 Å². The Hall–Kier alpha value is -4.43. The molecule has 1 fully saturated rings. The third-order valence-electron chi connectivity index (χ3n) is 5.92. The number of piperazine rings is 1. The molecule has 1 atom stereocenters. The van der Waals surface area contributed by atoms with Gasteiger partial charge in [0, 0.05) is 50.0 Å². The number of aromatic nitrogens is 1. The quantitative estimate of drug-likeness (QED) is 0.196. The number of amidine groups is 1. The summed E-state index contributed by atoms with van der Waals surface area (Å²) in [7, 11) is 1.54. The van der Waals surface area contributed by atoms with Gasteiger partial charge in [-0.05, 0) is 29.8 Å². The minimum absolute atomic E-state index is 0.119. The number of ether oxygens (including phenoxy) is 1. The van der Waals surface area contributed by atoms with Crippen LogP contribution in [-0.2, 0) is 11.3 Å². The molecule has 3 heterocycles. The maximum atomic E-state index is 12.9. The molecule has 0 radical (unpaired) electrons. The van der Waals surface area contributed by atoms with E-state index in [1.807, 2.05) is 16.3 Å². The first-order valence-electron chi connectivity index (χ1n) is 11.5. The molecule has 186 valence electrons. The van der Waals surface area contributed by atoms with Crippen LogP contribution >= 0.6 is 0 Å². The van der Waals surface area contributed by atoms with Gasteiger partial charge in [0.15, 0.2) is 0 Å². The minimum atomic E-state index is -0.746. The van der Waals surface area contributed by atoms with E-state index in [1.54, 1.807) is 35.4 Å². The number of benzene rings is 1. The number of urea groups is 1. The number of pyridine rings is 1. The van der Waals surface area contributed by atoms with Crippen molar-refractivity contribution in [1.29, 1.82) is 5.41 Å². The van der Waals surface area contributed by atoms with Gasteiger partial charge in [-0.15, -0.1) is 0 Å². The van der Waals surface area contributed by atoms with Crippen LogP contribution in [0.25, 0.3) is 0 Å². The van der Waals surface area contributed by atoms with E-state index in [0.29, 0.717) is 35.0 Å². The van der Waals surface area contributed by atoms with Gasteiger partial charge in [-0.1, -0.05) is 17.9 Å². The smallest absolute Gasteiger partial charge is 0.322 e. The largest absolute Gasteiger partial charge is 0.497 e. The molecule has 36 heavy (non-hydrogen) atoms. The highest BCUT2D eigenvalue weighted by molar-refractivity contribution is 5.99. The second kappa shape index (κ2) is 11.3. The standard InChI is InChI=1S/C25H27N7O4/c1-36-20-6-4-18-14-32(24(34)21(18)12-20)15-19(30-25(35)29-16-33)5-2-17-3-7-22(28-13-17)23(26)31-10-8-27-9-11-31/h3-4,6-7,12-13,16,19,26-27H,8-11,14-15H2,1H3,(H2,29,30,33,35)/t19-/m1/s1. The fourth-order valence-electron chi connectivity index (χ4n) is 4.04. The summed E-state index contributed by atoms with van der Waals surface area (Å²) in [6, 6.07) is 7.36. The number of hydrogen-bond acceptors (Lipinski definition) is 7. The van der Waals surface area contributed by atoms with Gasteiger partial charge in [-0.25, -0.2) is 4.79 Å². The Morgan fingerprint density at radius 3 is 2.81 bits per heavy atom. The topological polar surface area (TPSA) is 140 Å². The van der Waals surface area contributed by atoms with Gasteiger partial charge in [0.25, 0.3) is 5.91 Å². The van der Waals surface area contributed by atoms with E-state index in [1.165, 1.54) is 7.11 Å². The van der Waals surface area contributed by atoms with Crippen LogP contribution in [0.5, 0.6) is 5.75 Å². The molecule has 4 N–H and O–H groups in total. The average molecular weight is 490 g/mol. The number of hydrogen-bond donors (Lipinski definition) is 4. The number of imide groups is 1. The van der Waals surface area contributed by atoms with Crippen molar-refractivity contribution >= 4 is 24.2 Å². The summed E-state index contributed by atoms with van der Waals surface area (Å²) in [5.41, 5.74) is 2.55. The van der Waals surface area contributed by atoms with E-state index in [0.717, 1.165) is 31.7 Å². The number of amides is 4. The number of rotatable bonds is 6. The third kappa shape index (κ3) is 5.79. The molecule has 1 saturated heterocycles. The average Bonchev–Trinajstić information content (AvgIpc) is 3.22. The summed E-state index contributed by atoms with van der Waals surface area (Å²) in [6.07, 6.45) is 1.85. The first-order valence-corrected chi connectivity index (χ1v) is 11.5. The first-order chi connectivity index (χ1) is 17.5. The van der Waals surface area contributed by atoms with Crippen molar-refractivity contribution in [2.45, 2.75) is 12.6 Å². The van der Waals surface area contributed by atoms with Gasteiger partial charge in [0.2, 0.25) is 6.41 Å². The van der Waals surface area contributed by atoms with Gasteiger partial charge in [-0.3, -0.25) is 25.3 Å². The summed E-state index contributed by atoms with van der Waals surface area (Å²) in [4.78, 5) is 43.5. The Morgan fingerprint density at radius 2 is 2.11 bits per heavy atom. The molecule has 11 nitrogen and oxygen atoms in total. The van der Waals surface area contributed by atoms with E-state index in [4.69, 9.17) is 10.1 Å². The lowest BCUT2D eigenvalue weighted by Gasteiger charge is -2.29. The Bertz CT molecular complexity index is 1210. The molecule has 1 aromatic heterocycles. The van der Waals surface area contributed by atoms with Gasteiger partial charge in [0.1, 0.15) is 23.3 Å². The van der Waals surface area contributed by atoms with E-state index in [2.05, 4.69) is 27.5 Å². The fourth-order valence-corrected chi connectivity index (χ4v) is 4.04. The van der Waals surface area contributed by atoms with E-state index in [-0.39, 0.29) is 18.9 Å². The van der Waals surface area contributed by atoms with Crippen LogP contribution < -0.4 is 20.7 Å². The van der Waals surface area contributed by atoms with E-state index in [9.17, 15) is 14.4 Å². The van der Waals surface area contributed by atoms with Gasteiger partial charge in [-0.2, -0.15) is 0 Å². The third-order valence-corrected chi connectivity index (χ3v) is 5.92. The SMILES string of the molecule is COc1ccc2c(c1)C(=O)N(C[C@@H](C#Cc1ccc(C(=N)N3CCNCC3)nc1)NC(=O)NC=O)C2. The lowest BCUT2D eigenvalue weighted by Crippen LogP contribution is -2.46. The number of carbonyl (C=O) groups excluding carboxylic acids is 3. The Balaban J connectivity index is 1.47. The van der Waals surface area contributed by atoms with E-state index >= 15 is 0 Å². The molecule has 0 spiro atoms. The number of methoxy groups -OCH3 is 1. The van der Waals surface area contributed by atoms with Crippen LogP contribution in [0.15, 0.2) is 36.5 Å². The van der Waals surface area contributed by atoms with E-state index < -0.39 is 12.1 Å². The molecule has 0 saturated carbocycles. The number of fused-ring (bicyclic) bond motifs is 1. The van der Waals surface area contributed by atoms with Crippen molar-refractivity contribution in [1.82, 2.24) is 30.7 Å². The van der Waals surface area contributed by atoms with Crippen LogP contribution in [0.3, 0.4) is 0 Å². The van der Waals surface area contributed by atoms with Gasteiger partial charge >= 0.3 is 6.03 Å². The molecule has 2 aliphatic heterocycles. The molecule has 0 unspecified atom stereocenters. The highest BCUT2D eigenvalue weighted by Crippen LogP contribution is 2.26. The molecular weight excluding hydrogens is 462 g/mol. The summed E-state index contributed by atoms with van der Waals surface area (Å²) in [6.45, 7) is 3.66. The van der Waals surface area contributed by atoms with Crippen LogP contribution in [0.2, 0.25) is 0 Å². The fraction of sp³-hybridized carbons (Fsp3) is 0.320. The molecule has 4 amide bonds. The highest BCUT2D eigenvalue weighted by atomic mass is 16.5. The Labute approximate surface area is 208 Å². The van der Waals surface area contributed by atoms with Crippen LogP contribution in [0, 0.1) is 17.3 Å². The normalized spacial score (nSPS) is 15.3. The summed E-state index contributed by atoms with van der Waals surface area (Å²) in [5.74, 6) is 6.70. The van der Waals surface area contributed by atoms with Crippen molar-refractivity contribution in [3.8, 4) is 17.6 Å². The van der Waals surface area contributed by atoms with Crippen molar-refractivity contribution < 1.29 is 19.1 Å². The molecule has 2 aromatic rings. The molecule has 1 aromatic carbocycles. The maximum absolute atomic E-state index is 12.9. The molecule has 2 aliphatic rings. The van der Waals surface area contributed by atoms with Crippen LogP contribution in [0.4, 0.5) is 4.79 Å². The molecular formula is C25H27N7O4. The monoisotopic (exact) mass is 489 g/mol. The van der Waals surface area contributed by atoms with Crippen molar-refractivity contribution in [2.75, 3.05) is 39.8 Å². The highest BCUT2D eigenvalue weighted by Gasteiger charge is 2.29. The second-order valence-electron chi connectivity index (χ2n) is 8.28. The summed E-state index contributed by atoms with van der Waals surface area (Å²) >= 11 is 0. The second-order valence-corrected chi connectivity index (χ2v) is 8.28. The van der Waals surface area contributed by atoms with Gasteiger partial charge < -0.3 is 25.2 Å². The lowest BCUT2D eigenvalue weighted by molar-refractivity contribution is -0.108. The molecule has 0 bridgehead atoms. The van der Waals surface area contributed by atoms with Crippen LogP contribution in [-0.4, -0.2) is 84.8 Å². The lowest BCUT2D eigenvalue weighted by atomic mass is 10.1. The number of nitrogens with zero attached hydrogens (tertiary/aromatic N) is 3. The predicted octanol–water partition coefficient (Wildman–Crippen LogP) is 0.152. The zero-order valence-corrected chi connectivity index (χ0v) is 19.8. The van der Waals surface area contributed by atoms with Gasteiger partial charge in [0.05, 0.1) is 13.7 Å². The Kier molecular flexibility index (Phi) is 7.77. The maximum Gasteiger partial charge on any atom is 0.322 e. The number of carbonyl (C=O) groups is 3. The van der Waals surface area contributed by atoms with Crippen LogP contribution in [0.1, 0.15) is 27.2 Å². The summed E-state index contributed by atoms with van der Waals surface area (Å²) in [5, 5.41) is 16.3. The number of nitrogens with one attached hydrogen (secondary N) is 4. The molecule has 4 rings (SSSR count).